The van der Waals surface area contributed by atoms with Crippen molar-refractivity contribution in [2.45, 2.75) is 0 Å². The molecule has 0 aliphatic heterocycles. The van der Waals surface area contributed by atoms with Crippen molar-refractivity contribution in [1.29, 1.82) is 0 Å². The van der Waals surface area contributed by atoms with Crippen LogP contribution in [0.5, 0.6) is 0 Å². The van der Waals surface area contributed by atoms with E-state index in [1.807, 2.05) is 54.6 Å². The van der Waals surface area contributed by atoms with Crippen LogP contribution in [-0.4, -0.2) is 29.5 Å². The van der Waals surface area contributed by atoms with Crippen molar-refractivity contribution >= 4 is 75.4 Å². The van der Waals surface area contributed by atoms with Gasteiger partial charge in [-0.25, -0.2) is 24.9 Å². The standard InChI is InChI=1S/C55H32N6OS/c1-4-17-33(18-5-1)48-51-49(37-24-11-13-32-45(37)63-51)57-55(56-48)41-28-14-25-38-47-40(27-16-31-44(47)62-50(38)41)54-59-52(34-19-6-2-7-20-34)58-53(60-54)39-26-15-30-43-46(39)36-23-10-12-29-42(36)61(43)35-21-8-3-9-22-35/h1-32H. The molecule has 7 nitrogen and oxygen atoms in total. The van der Waals surface area contributed by atoms with Crippen LogP contribution in [0.15, 0.2) is 199 Å². The highest BCUT2D eigenvalue weighted by Gasteiger charge is 2.24. The minimum Gasteiger partial charge on any atom is -0.455 e. The molecule has 0 saturated carbocycles. The monoisotopic (exact) mass is 824 g/mol. The van der Waals surface area contributed by atoms with Crippen molar-refractivity contribution < 1.29 is 4.42 Å². The van der Waals surface area contributed by atoms with Gasteiger partial charge in [0.2, 0.25) is 0 Å². The van der Waals surface area contributed by atoms with Crippen LogP contribution in [0.2, 0.25) is 0 Å². The molecule has 0 amide bonds. The summed E-state index contributed by atoms with van der Waals surface area (Å²) in [6.45, 7) is 0. The third kappa shape index (κ3) is 5.62. The Balaban J connectivity index is 1.05. The van der Waals surface area contributed by atoms with Crippen LogP contribution < -0.4 is 0 Å². The van der Waals surface area contributed by atoms with E-state index >= 15 is 0 Å². The number of benzene rings is 8. The number of para-hydroxylation sites is 3. The Morgan fingerprint density at radius 2 is 0.968 bits per heavy atom. The minimum absolute atomic E-state index is 0.551. The van der Waals surface area contributed by atoms with Gasteiger partial charge in [0.15, 0.2) is 23.3 Å². The van der Waals surface area contributed by atoms with Gasteiger partial charge >= 0.3 is 0 Å². The SMILES string of the molecule is c1ccc(-c2nc(-c3cccc4oc5c(-c6nc(-c7ccccc7)c7sc8ccccc8c7n6)cccc5c34)nc(-c3cccc4c3c3ccccc3n4-c3ccccc3)n2)cc1. The summed E-state index contributed by atoms with van der Waals surface area (Å²) in [6.07, 6.45) is 0. The number of hydrogen-bond acceptors (Lipinski definition) is 7. The van der Waals surface area contributed by atoms with E-state index in [0.29, 0.717) is 28.9 Å². The average Bonchev–Trinajstić information content (AvgIpc) is 4.04. The highest BCUT2D eigenvalue weighted by atomic mass is 32.1. The summed E-state index contributed by atoms with van der Waals surface area (Å²) < 4.78 is 11.4. The van der Waals surface area contributed by atoms with E-state index in [4.69, 9.17) is 29.3 Å². The second-order valence-corrected chi connectivity index (χ2v) is 16.6. The Morgan fingerprint density at radius 3 is 1.76 bits per heavy atom. The van der Waals surface area contributed by atoms with Gasteiger partial charge in [-0.15, -0.1) is 11.3 Å². The molecule has 13 aromatic rings. The molecule has 0 aliphatic carbocycles. The fraction of sp³-hybridized carbons (Fsp3) is 0. The molecule has 0 saturated heterocycles. The van der Waals surface area contributed by atoms with Gasteiger partial charge in [-0.2, -0.15) is 0 Å². The van der Waals surface area contributed by atoms with Crippen LogP contribution in [0.4, 0.5) is 0 Å². The largest absolute Gasteiger partial charge is 0.455 e. The lowest BCUT2D eigenvalue weighted by Crippen LogP contribution is -2.01. The van der Waals surface area contributed by atoms with Crippen LogP contribution in [-0.2, 0) is 0 Å². The van der Waals surface area contributed by atoms with E-state index in [0.717, 1.165) is 93.0 Å². The molecule has 0 bridgehead atoms. The summed E-state index contributed by atoms with van der Waals surface area (Å²) in [7, 11) is 0. The normalized spacial score (nSPS) is 11.8. The summed E-state index contributed by atoms with van der Waals surface area (Å²) >= 11 is 1.73. The van der Waals surface area contributed by atoms with Crippen molar-refractivity contribution in [3.63, 3.8) is 0 Å². The zero-order chi connectivity index (χ0) is 41.4. The van der Waals surface area contributed by atoms with E-state index in [-0.39, 0.29) is 0 Å². The summed E-state index contributed by atoms with van der Waals surface area (Å²) in [4.78, 5) is 26.4. The third-order valence-corrected chi connectivity index (χ3v) is 13.1. The van der Waals surface area contributed by atoms with Crippen LogP contribution in [0.3, 0.4) is 0 Å². The van der Waals surface area contributed by atoms with Gasteiger partial charge in [-0.3, -0.25) is 0 Å². The van der Waals surface area contributed by atoms with Gasteiger partial charge in [-0.1, -0.05) is 152 Å². The molecule has 5 aromatic heterocycles. The summed E-state index contributed by atoms with van der Waals surface area (Å²) in [5.74, 6) is 2.33. The molecule has 8 heteroatoms. The predicted molar refractivity (Wildman–Crippen MR) is 257 cm³/mol. The maximum absolute atomic E-state index is 6.86. The van der Waals surface area contributed by atoms with Gasteiger partial charge in [0.05, 0.1) is 32.5 Å². The Bertz CT molecular complexity index is 3910. The lowest BCUT2D eigenvalue weighted by molar-refractivity contribution is 0.669. The van der Waals surface area contributed by atoms with Crippen molar-refractivity contribution in [3.05, 3.63) is 194 Å². The van der Waals surface area contributed by atoms with Gasteiger partial charge in [0, 0.05) is 59.6 Å². The molecule has 0 atom stereocenters. The van der Waals surface area contributed by atoms with Crippen LogP contribution >= 0.6 is 11.3 Å². The third-order valence-electron chi connectivity index (χ3n) is 11.9. The molecule has 0 aliphatic rings. The maximum Gasteiger partial charge on any atom is 0.164 e. The second-order valence-electron chi connectivity index (χ2n) is 15.6. The molecule has 0 radical (unpaired) electrons. The molecule has 0 N–H and O–H groups in total. The molecule has 8 aromatic carbocycles. The van der Waals surface area contributed by atoms with Gasteiger partial charge in [0.25, 0.3) is 0 Å². The van der Waals surface area contributed by atoms with E-state index in [2.05, 4.69) is 144 Å². The zero-order valence-electron chi connectivity index (χ0n) is 33.5. The number of fused-ring (bicyclic) bond motifs is 9. The van der Waals surface area contributed by atoms with Crippen molar-refractivity contribution in [3.8, 4) is 62.5 Å². The molecule has 5 heterocycles. The van der Waals surface area contributed by atoms with Crippen LogP contribution in [0.25, 0.3) is 127 Å². The first-order valence-electron chi connectivity index (χ1n) is 20.8. The molecule has 294 valence electrons. The highest BCUT2D eigenvalue weighted by Crippen LogP contribution is 2.44. The number of furan rings is 1. The van der Waals surface area contributed by atoms with E-state index in [1.54, 1.807) is 11.3 Å². The Hall–Kier alpha value is -8.33. The number of thiophene rings is 1. The van der Waals surface area contributed by atoms with Crippen molar-refractivity contribution in [2.75, 3.05) is 0 Å². The van der Waals surface area contributed by atoms with Gasteiger partial charge in [-0.05, 0) is 42.5 Å². The molecular weight excluding hydrogens is 793 g/mol. The van der Waals surface area contributed by atoms with E-state index in [9.17, 15) is 0 Å². The van der Waals surface area contributed by atoms with Crippen LogP contribution in [0.1, 0.15) is 0 Å². The lowest BCUT2D eigenvalue weighted by Gasteiger charge is -2.11. The molecular formula is C55H32N6OS. The van der Waals surface area contributed by atoms with Crippen LogP contribution in [0, 0.1) is 0 Å². The first kappa shape index (κ1) is 35.4. The topological polar surface area (TPSA) is 82.5 Å². The number of hydrogen-bond donors (Lipinski definition) is 0. The Kier molecular flexibility index (Phi) is 7.94. The fourth-order valence-corrected chi connectivity index (χ4v) is 10.3. The van der Waals surface area contributed by atoms with Gasteiger partial charge < -0.3 is 8.98 Å². The summed E-state index contributed by atoms with van der Waals surface area (Å²) in [5.41, 5.74) is 11.0. The Labute approximate surface area is 364 Å². The maximum atomic E-state index is 6.86. The Morgan fingerprint density at radius 1 is 0.397 bits per heavy atom. The fourth-order valence-electron chi connectivity index (χ4n) is 9.11. The first-order valence-corrected chi connectivity index (χ1v) is 21.7. The quantitative estimate of drug-likeness (QED) is 0.166. The summed E-state index contributed by atoms with van der Waals surface area (Å²) in [6, 6.07) is 66.6. The number of aromatic nitrogens is 6. The second kappa shape index (κ2) is 14.1. The molecule has 63 heavy (non-hydrogen) atoms. The smallest absolute Gasteiger partial charge is 0.164 e. The number of nitrogens with zero attached hydrogens (tertiary/aromatic N) is 6. The summed E-state index contributed by atoms with van der Waals surface area (Å²) in [5, 5.41) is 5.15. The molecule has 0 fully saturated rings. The molecule has 0 unspecified atom stereocenters. The highest BCUT2D eigenvalue weighted by molar-refractivity contribution is 7.26. The zero-order valence-corrected chi connectivity index (χ0v) is 34.3. The van der Waals surface area contributed by atoms with Gasteiger partial charge in [0.1, 0.15) is 11.2 Å². The first-order chi connectivity index (χ1) is 31.2. The van der Waals surface area contributed by atoms with Crippen molar-refractivity contribution in [2.24, 2.45) is 0 Å². The molecule has 13 rings (SSSR count). The lowest BCUT2D eigenvalue weighted by atomic mass is 10.0. The van der Waals surface area contributed by atoms with E-state index < -0.39 is 0 Å². The number of rotatable bonds is 6. The van der Waals surface area contributed by atoms with E-state index in [1.165, 1.54) is 4.70 Å². The van der Waals surface area contributed by atoms with Crippen molar-refractivity contribution in [1.82, 2.24) is 29.5 Å². The predicted octanol–water partition coefficient (Wildman–Crippen LogP) is 14.4. The molecule has 0 spiro atoms. The minimum atomic E-state index is 0.551. The average molecular weight is 825 g/mol.